The largest absolute Gasteiger partial charge is 0.381 e. The molecule has 5 nitrogen and oxygen atoms in total. The SMILES string of the molecule is C[C@H](C(=O)N[C@H](C#N)[C@@H]1CCOC1)N1CCCCCC1. The van der Waals surface area contributed by atoms with Crippen molar-refractivity contribution >= 4 is 5.91 Å². The van der Waals surface area contributed by atoms with Gasteiger partial charge in [0.25, 0.3) is 0 Å². The molecule has 0 aromatic carbocycles. The second-order valence-electron chi connectivity index (χ2n) is 5.87. The summed E-state index contributed by atoms with van der Waals surface area (Å²) in [6.07, 6.45) is 5.69. The van der Waals surface area contributed by atoms with E-state index < -0.39 is 6.04 Å². The van der Waals surface area contributed by atoms with Crippen LogP contribution in [-0.4, -0.2) is 49.2 Å². The number of ether oxygens (including phenoxy) is 1. The monoisotopic (exact) mass is 279 g/mol. The maximum absolute atomic E-state index is 12.3. The van der Waals surface area contributed by atoms with Crippen LogP contribution in [0.1, 0.15) is 39.0 Å². The molecule has 112 valence electrons. The van der Waals surface area contributed by atoms with E-state index >= 15 is 0 Å². The maximum Gasteiger partial charge on any atom is 0.238 e. The molecule has 0 saturated carbocycles. The van der Waals surface area contributed by atoms with E-state index in [2.05, 4.69) is 16.3 Å². The molecule has 20 heavy (non-hydrogen) atoms. The molecule has 2 saturated heterocycles. The third-order valence-electron chi connectivity index (χ3n) is 4.44. The molecule has 2 heterocycles. The van der Waals surface area contributed by atoms with Crippen LogP contribution in [0.5, 0.6) is 0 Å². The first kappa shape index (κ1) is 15.3. The minimum absolute atomic E-state index is 0.0228. The van der Waals surface area contributed by atoms with Crippen LogP contribution in [0.2, 0.25) is 0 Å². The number of carbonyl (C=O) groups excluding carboxylic acids is 1. The van der Waals surface area contributed by atoms with Crippen LogP contribution in [0.3, 0.4) is 0 Å². The fraction of sp³-hybridized carbons (Fsp3) is 0.867. The fourth-order valence-electron chi connectivity index (χ4n) is 2.99. The van der Waals surface area contributed by atoms with Gasteiger partial charge in [0.2, 0.25) is 5.91 Å². The van der Waals surface area contributed by atoms with Gasteiger partial charge in [-0.05, 0) is 39.3 Å². The summed E-state index contributed by atoms with van der Waals surface area (Å²) in [5, 5.41) is 12.1. The third kappa shape index (κ3) is 3.94. The quantitative estimate of drug-likeness (QED) is 0.842. The lowest BCUT2D eigenvalue weighted by Gasteiger charge is -2.28. The molecule has 0 aromatic rings. The molecule has 3 atom stereocenters. The van der Waals surface area contributed by atoms with Crippen molar-refractivity contribution in [2.45, 2.75) is 51.1 Å². The zero-order chi connectivity index (χ0) is 14.4. The number of hydrogen-bond donors (Lipinski definition) is 1. The summed E-state index contributed by atoms with van der Waals surface area (Å²) >= 11 is 0. The number of carbonyl (C=O) groups is 1. The van der Waals surface area contributed by atoms with Crippen molar-refractivity contribution in [2.24, 2.45) is 5.92 Å². The maximum atomic E-state index is 12.3. The van der Waals surface area contributed by atoms with Crippen LogP contribution in [0.15, 0.2) is 0 Å². The van der Waals surface area contributed by atoms with Gasteiger partial charge in [-0.25, -0.2) is 0 Å². The fourth-order valence-corrected chi connectivity index (χ4v) is 2.99. The normalized spacial score (nSPS) is 27.3. The Balaban J connectivity index is 1.87. The summed E-state index contributed by atoms with van der Waals surface area (Å²) in [5.41, 5.74) is 0. The third-order valence-corrected chi connectivity index (χ3v) is 4.44. The Bertz CT molecular complexity index is 353. The molecule has 0 bridgehead atoms. The van der Waals surface area contributed by atoms with E-state index in [1.54, 1.807) is 0 Å². The summed E-state index contributed by atoms with van der Waals surface area (Å²) in [6.45, 7) is 5.19. The van der Waals surface area contributed by atoms with Crippen molar-refractivity contribution in [3.05, 3.63) is 0 Å². The predicted octanol–water partition coefficient (Wildman–Crippen LogP) is 1.30. The molecule has 5 heteroatoms. The van der Waals surface area contributed by atoms with Crippen molar-refractivity contribution in [2.75, 3.05) is 26.3 Å². The van der Waals surface area contributed by atoms with Gasteiger partial charge in [-0.15, -0.1) is 0 Å². The lowest BCUT2D eigenvalue weighted by atomic mass is 10.00. The van der Waals surface area contributed by atoms with Crippen LogP contribution in [0.25, 0.3) is 0 Å². The van der Waals surface area contributed by atoms with Crippen LogP contribution in [0.4, 0.5) is 0 Å². The van der Waals surface area contributed by atoms with Gasteiger partial charge >= 0.3 is 0 Å². The summed E-state index contributed by atoms with van der Waals surface area (Å²) in [6, 6.07) is 1.65. The lowest BCUT2D eigenvalue weighted by Crippen LogP contribution is -2.50. The summed E-state index contributed by atoms with van der Waals surface area (Å²) in [7, 11) is 0. The van der Waals surface area contributed by atoms with E-state index in [9.17, 15) is 10.1 Å². The van der Waals surface area contributed by atoms with E-state index in [1.165, 1.54) is 12.8 Å². The number of nitrogens with zero attached hydrogens (tertiary/aromatic N) is 2. The molecular weight excluding hydrogens is 254 g/mol. The average Bonchev–Trinajstić information content (AvgIpc) is 2.85. The van der Waals surface area contributed by atoms with Crippen LogP contribution in [-0.2, 0) is 9.53 Å². The summed E-state index contributed by atoms with van der Waals surface area (Å²) in [4.78, 5) is 14.6. The van der Waals surface area contributed by atoms with E-state index in [-0.39, 0.29) is 17.9 Å². The summed E-state index contributed by atoms with van der Waals surface area (Å²) < 4.78 is 5.30. The predicted molar refractivity (Wildman–Crippen MR) is 76.0 cm³/mol. The molecule has 2 fully saturated rings. The van der Waals surface area contributed by atoms with Gasteiger partial charge in [0.15, 0.2) is 0 Å². The molecule has 2 aliphatic rings. The highest BCUT2D eigenvalue weighted by atomic mass is 16.5. The van der Waals surface area contributed by atoms with Gasteiger partial charge in [0.05, 0.1) is 18.7 Å². The molecule has 1 amide bonds. The number of nitriles is 1. The first-order chi connectivity index (χ1) is 9.72. The molecule has 0 radical (unpaired) electrons. The molecular formula is C15H25N3O2. The number of rotatable bonds is 4. The number of amides is 1. The van der Waals surface area contributed by atoms with E-state index in [0.717, 1.165) is 32.4 Å². The van der Waals surface area contributed by atoms with Crippen molar-refractivity contribution in [1.82, 2.24) is 10.2 Å². The Morgan fingerprint density at radius 2 is 2.05 bits per heavy atom. The van der Waals surface area contributed by atoms with Crippen LogP contribution >= 0.6 is 0 Å². The molecule has 2 aliphatic heterocycles. The van der Waals surface area contributed by atoms with Crippen LogP contribution in [0, 0.1) is 17.2 Å². The minimum atomic E-state index is -0.417. The highest BCUT2D eigenvalue weighted by Crippen LogP contribution is 2.17. The molecule has 0 aromatic heterocycles. The Kier molecular flexibility index (Phi) is 5.81. The van der Waals surface area contributed by atoms with Gasteiger partial charge in [-0.3, -0.25) is 9.69 Å². The standard InChI is InChI=1S/C15H25N3O2/c1-12(18-7-4-2-3-5-8-18)15(19)17-14(10-16)13-6-9-20-11-13/h12-14H,2-9,11H2,1H3,(H,17,19)/t12-,13-,14-/m1/s1. The molecule has 1 N–H and O–H groups in total. The smallest absolute Gasteiger partial charge is 0.238 e. The number of likely N-dealkylation sites (tertiary alicyclic amines) is 1. The van der Waals surface area contributed by atoms with Crippen molar-refractivity contribution in [3.8, 4) is 6.07 Å². The zero-order valence-electron chi connectivity index (χ0n) is 12.3. The van der Waals surface area contributed by atoms with E-state index in [1.807, 2.05) is 6.92 Å². The summed E-state index contributed by atoms with van der Waals surface area (Å²) in [5.74, 6) is 0.116. The average molecular weight is 279 g/mol. The topological polar surface area (TPSA) is 65.4 Å². The van der Waals surface area contributed by atoms with Crippen molar-refractivity contribution < 1.29 is 9.53 Å². The Morgan fingerprint density at radius 1 is 1.35 bits per heavy atom. The van der Waals surface area contributed by atoms with Gasteiger partial charge in [-0.2, -0.15) is 5.26 Å². The second-order valence-corrected chi connectivity index (χ2v) is 5.87. The molecule has 0 spiro atoms. The van der Waals surface area contributed by atoms with E-state index in [4.69, 9.17) is 4.74 Å². The van der Waals surface area contributed by atoms with Gasteiger partial charge in [0.1, 0.15) is 6.04 Å². The van der Waals surface area contributed by atoms with Crippen molar-refractivity contribution in [3.63, 3.8) is 0 Å². The van der Waals surface area contributed by atoms with Gasteiger partial charge < -0.3 is 10.1 Å². The van der Waals surface area contributed by atoms with Crippen molar-refractivity contribution in [1.29, 1.82) is 5.26 Å². The molecule has 0 aliphatic carbocycles. The minimum Gasteiger partial charge on any atom is -0.381 e. The van der Waals surface area contributed by atoms with E-state index in [0.29, 0.717) is 13.2 Å². The highest BCUT2D eigenvalue weighted by Gasteiger charge is 2.30. The first-order valence-corrected chi connectivity index (χ1v) is 7.74. The zero-order valence-corrected chi connectivity index (χ0v) is 12.3. The lowest BCUT2D eigenvalue weighted by molar-refractivity contribution is -0.126. The first-order valence-electron chi connectivity index (χ1n) is 7.74. The van der Waals surface area contributed by atoms with Gasteiger partial charge in [-0.1, -0.05) is 12.8 Å². The number of nitrogens with one attached hydrogen (secondary N) is 1. The Labute approximate surface area is 121 Å². The van der Waals surface area contributed by atoms with Gasteiger partial charge in [0, 0.05) is 12.5 Å². The Hall–Kier alpha value is -1.12. The number of hydrogen-bond acceptors (Lipinski definition) is 4. The second kappa shape index (κ2) is 7.61. The molecule has 2 rings (SSSR count). The molecule has 0 unspecified atom stereocenters. The highest BCUT2D eigenvalue weighted by molar-refractivity contribution is 5.81. The Morgan fingerprint density at radius 3 is 2.60 bits per heavy atom. The van der Waals surface area contributed by atoms with Crippen LogP contribution < -0.4 is 5.32 Å².